The number of sulfonamides is 1. The highest BCUT2D eigenvalue weighted by Gasteiger charge is 2.10. The van der Waals surface area contributed by atoms with Gasteiger partial charge in [0.2, 0.25) is 10.0 Å². The molecule has 0 unspecified atom stereocenters. The van der Waals surface area contributed by atoms with E-state index in [-0.39, 0.29) is 17.4 Å². The first-order valence-corrected chi connectivity index (χ1v) is 8.91. The predicted molar refractivity (Wildman–Crippen MR) is 92.9 cm³/mol. The van der Waals surface area contributed by atoms with Crippen molar-refractivity contribution in [2.45, 2.75) is 18.7 Å². The molecule has 24 heavy (non-hydrogen) atoms. The molecular formula is C16H17ClN2O4S. The van der Waals surface area contributed by atoms with E-state index in [1.807, 2.05) is 13.8 Å². The molecule has 0 aliphatic heterocycles. The van der Waals surface area contributed by atoms with Crippen LogP contribution in [0.5, 0.6) is 5.75 Å². The number of rotatable bonds is 5. The number of halogens is 1. The van der Waals surface area contributed by atoms with E-state index in [2.05, 4.69) is 5.32 Å². The van der Waals surface area contributed by atoms with Crippen molar-refractivity contribution in [1.82, 2.24) is 0 Å². The second-order valence-corrected chi connectivity index (χ2v) is 7.27. The van der Waals surface area contributed by atoms with Gasteiger partial charge in [0.1, 0.15) is 5.75 Å². The largest absolute Gasteiger partial charge is 0.483 e. The molecule has 0 saturated carbocycles. The molecule has 0 spiro atoms. The molecule has 128 valence electrons. The maximum Gasteiger partial charge on any atom is 0.262 e. The molecule has 0 aromatic heterocycles. The summed E-state index contributed by atoms with van der Waals surface area (Å²) in [5, 5.41) is 8.24. The zero-order valence-corrected chi connectivity index (χ0v) is 14.7. The number of aryl methyl sites for hydroxylation is 2. The Hall–Kier alpha value is -2.09. The fourth-order valence-corrected chi connectivity index (χ4v) is 3.03. The first-order chi connectivity index (χ1) is 11.2. The van der Waals surface area contributed by atoms with E-state index in [0.29, 0.717) is 16.5 Å². The summed E-state index contributed by atoms with van der Waals surface area (Å²) in [6.45, 7) is 3.51. The highest BCUT2D eigenvalue weighted by Crippen LogP contribution is 2.27. The number of nitrogens with one attached hydrogen (secondary N) is 1. The Labute approximate surface area is 145 Å². The molecular weight excluding hydrogens is 352 g/mol. The summed E-state index contributed by atoms with van der Waals surface area (Å²) < 4.78 is 27.9. The van der Waals surface area contributed by atoms with Crippen molar-refractivity contribution in [1.29, 1.82) is 0 Å². The molecule has 0 atom stereocenters. The van der Waals surface area contributed by atoms with Crippen molar-refractivity contribution < 1.29 is 17.9 Å². The zero-order chi connectivity index (χ0) is 17.9. The molecule has 0 fully saturated rings. The van der Waals surface area contributed by atoms with E-state index in [1.165, 1.54) is 24.3 Å². The average molecular weight is 369 g/mol. The Bertz CT molecular complexity index is 841. The Balaban J connectivity index is 1.99. The zero-order valence-electron chi connectivity index (χ0n) is 13.2. The average Bonchev–Trinajstić information content (AvgIpc) is 2.45. The number of hydrogen-bond donors (Lipinski definition) is 2. The minimum Gasteiger partial charge on any atom is -0.483 e. The number of anilines is 1. The number of primary sulfonamides is 1. The van der Waals surface area contributed by atoms with Gasteiger partial charge < -0.3 is 10.1 Å². The number of carbonyl (C=O) groups excluding carboxylic acids is 1. The fraction of sp³-hybridized carbons (Fsp3) is 0.188. The molecule has 0 bridgehead atoms. The standard InChI is InChI=1S/C16H17ClN2O4S/c1-10-7-12(17)8-11(2)16(10)23-9-15(20)19-13-3-5-14(6-4-13)24(18,21)22/h3-8H,9H2,1-2H3,(H,19,20)(H2,18,21,22). The topological polar surface area (TPSA) is 98.5 Å². The predicted octanol–water partition coefficient (Wildman–Crippen LogP) is 2.62. The van der Waals surface area contributed by atoms with Crippen molar-refractivity contribution in [3.05, 3.63) is 52.5 Å². The number of amides is 1. The summed E-state index contributed by atoms with van der Waals surface area (Å²) in [5.41, 5.74) is 2.12. The van der Waals surface area contributed by atoms with Gasteiger partial charge in [-0.2, -0.15) is 0 Å². The van der Waals surface area contributed by atoms with Gasteiger partial charge in [-0.05, 0) is 61.4 Å². The molecule has 0 heterocycles. The smallest absolute Gasteiger partial charge is 0.262 e. The van der Waals surface area contributed by atoms with Crippen LogP contribution in [0.4, 0.5) is 5.69 Å². The van der Waals surface area contributed by atoms with E-state index in [4.69, 9.17) is 21.5 Å². The molecule has 0 saturated heterocycles. The quantitative estimate of drug-likeness (QED) is 0.847. The van der Waals surface area contributed by atoms with Crippen LogP contribution in [0, 0.1) is 13.8 Å². The van der Waals surface area contributed by atoms with Crippen LogP contribution in [0.2, 0.25) is 5.02 Å². The first-order valence-electron chi connectivity index (χ1n) is 6.99. The summed E-state index contributed by atoms with van der Waals surface area (Å²) in [6, 6.07) is 9.06. The summed E-state index contributed by atoms with van der Waals surface area (Å²) in [4.78, 5) is 11.9. The minimum atomic E-state index is -3.76. The van der Waals surface area contributed by atoms with Crippen LogP contribution < -0.4 is 15.2 Å². The Kier molecular flexibility index (Phi) is 5.48. The molecule has 8 heteroatoms. The van der Waals surface area contributed by atoms with Gasteiger partial charge in [0.05, 0.1) is 4.90 Å². The number of benzene rings is 2. The Morgan fingerprint density at radius 1 is 1.17 bits per heavy atom. The SMILES string of the molecule is Cc1cc(Cl)cc(C)c1OCC(=O)Nc1ccc(S(N)(=O)=O)cc1. The fourth-order valence-electron chi connectivity index (χ4n) is 2.19. The van der Waals surface area contributed by atoms with Gasteiger partial charge in [0, 0.05) is 10.7 Å². The summed E-state index contributed by atoms with van der Waals surface area (Å²) in [5.74, 6) is 0.242. The lowest BCUT2D eigenvalue weighted by molar-refractivity contribution is -0.118. The van der Waals surface area contributed by atoms with Gasteiger partial charge in [-0.3, -0.25) is 4.79 Å². The second-order valence-electron chi connectivity index (χ2n) is 5.27. The number of nitrogens with two attached hydrogens (primary N) is 1. The van der Waals surface area contributed by atoms with Gasteiger partial charge >= 0.3 is 0 Å². The highest BCUT2D eigenvalue weighted by molar-refractivity contribution is 7.89. The molecule has 1 amide bonds. The highest BCUT2D eigenvalue weighted by atomic mass is 35.5. The van der Waals surface area contributed by atoms with Gasteiger partial charge in [-0.1, -0.05) is 11.6 Å². The molecule has 0 aliphatic carbocycles. The van der Waals surface area contributed by atoms with Crippen LogP contribution in [-0.4, -0.2) is 20.9 Å². The van der Waals surface area contributed by atoms with Crippen LogP contribution in [0.1, 0.15) is 11.1 Å². The number of ether oxygens (including phenoxy) is 1. The van der Waals surface area contributed by atoms with Crippen molar-refractivity contribution in [3.8, 4) is 5.75 Å². The Morgan fingerprint density at radius 3 is 2.21 bits per heavy atom. The van der Waals surface area contributed by atoms with Gasteiger partial charge in [0.25, 0.3) is 5.91 Å². The lowest BCUT2D eigenvalue weighted by Crippen LogP contribution is -2.20. The van der Waals surface area contributed by atoms with Crippen LogP contribution in [0.25, 0.3) is 0 Å². The Morgan fingerprint density at radius 2 is 1.71 bits per heavy atom. The molecule has 0 aliphatic rings. The van der Waals surface area contributed by atoms with Gasteiger partial charge in [0.15, 0.2) is 6.61 Å². The third-order valence-corrected chi connectivity index (χ3v) is 4.39. The van der Waals surface area contributed by atoms with Crippen LogP contribution >= 0.6 is 11.6 Å². The van der Waals surface area contributed by atoms with Crippen LogP contribution in [0.3, 0.4) is 0 Å². The summed E-state index contributed by atoms with van der Waals surface area (Å²) in [6.07, 6.45) is 0. The molecule has 0 radical (unpaired) electrons. The van der Waals surface area contributed by atoms with Gasteiger partial charge in [-0.25, -0.2) is 13.6 Å². The molecule has 2 aromatic rings. The third-order valence-electron chi connectivity index (χ3n) is 3.24. The van der Waals surface area contributed by atoms with E-state index >= 15 is 0 Å². The van der Waals surface area contributed by atoms with Crippen molar-refractivity contribution in [2.75, 3.05) is 11.9 Å². The van der Waals surface area contributed by atoms with E-state index in [1.54, 1.807) is 12.1 Å². The lowest BCUT2D eigenvalue weighted by atomic mass is 10.1. The van der Waals surface area contributed by atoms with Gasteiger partial charge in [-0.15, -0.1) is 0 Å². The van der Waals surface area contributed by atoms with Crippen molar-refractivity contribution >= 4 is 33.2 Å². The molecule has 2 aromatic carbocycles. The second kappa shape index (κ2) is 7.21. The normalized spacial score (nSPS) is 11.2. The van der Waals surface area contributed by atoms with Crippen LogP contribution in [-0.2, 0) is 14.8 Å². The molecule has 3 N–H and O–H groups in total. The van der Waals surface area contributed by atoms with E-state index < -0.39 is 10.0 Å². The van der Waals surface area contributed by atoms with Crippen molar-refractivity contribution in [3.63, 3.8) is 0 Å². The lowest BCUT2D eigenvalue weighted by Gasteiger charge is -2.12. The monoisotopic (exact) mass is 368 g/mol. The third kappa shape index (κ3) is 4.70. The summed E-state index contributed by atoms with van der Waals surface area (Å²) in [7, 11) is -3.76. The van der Waals surface area contributed by atoms with E-state index in [0.717, 1.165) is 11.1 Å². The van der Waals surface area contributed by atoms with E-state index in [9.17, 15) is 13.2 Å². The molecule has 2 rings (SSSR count). The maximum atomic E-state index is 12.0. The minimum absolute atomic E-state index is 0.0239. The van der Waals surface area contributed by atoms with Crippen LogP contribution in [0.15, 0.2) is 41.3 Å². The molecule has 6 nitrogen and oxygen atoms in total. The van der Waals surface area contributed by atoms with Crippen molar-refractivity contribution in [2.24, 2.45) is 5.14 Å². The number of hydrogen-bond acceptors (Lipinski definition) is 4. The maximum absolute atomic E-state index is 12.0. The first kappa shape index (κ1) is 18.3. The summed E-state index contributed by atoms with van der Waals surface area (Å²) >= 11 is 5.95. The number of carbonyl (C=O) groups is 1.